The van der Waals surface area contributed by atoms with E-state index in [0.717, 1.165) is 18.2 Å². The summed E-state index contributed by atoms with van der Waals surface area (Å²) in [6, 6.07) is 3.45. The number of ketones is 1. The fourth-order valence-electron chi connectivity index (χ4n) is 1.11. The van der Waals surface area contributed by atoms with Gasteiger partial charge in [-0.3, -0.25) is 4.79 Å². The maximum Gasteiger partial charge on any atom is 0.328 e. The normalized spacial score (nSPS) is 10.4. The van der Waals surface area contributed by atoms with Crippen molar-refractivity contribution in [3.8, 4) is 5.75 Å². The van der Waals surface area contributed by atoms with E-state index < -0.39 is 17.6 Å². The zero-order valence-corrected chi connectivity index (χ0v) is 8.44. The van der Waals surface area contributed by atoms with Crippen molar-refractivity contribution in [3.05, 3.63) is 41.7 Å². The highest BCUT2D eigenvalue weighted by Gasteiger charge is 2.10. The Morgan fingerprint density at radius 3 is 2.62 bits per heavy atom. The third-order valence-corrected chi connectivity index (χ3v) is 1.80. The van der Waals surface area contributed by atoms with Gasteiger partial charge in [0.15, 0.2) is 5.78 Å². The Balaban J connectivity index is 3.06. The first-order valence-electron chi connectivity index (χ1n) is 4.33. The minimum absolute atomic E-state index is 0.0139. The number of hydrogen-bond donors (Lipinski definition) is 1. The van der Waals surface area contributed by atoms with Gasteiger partial charge >= 0.3 is 5.97 Å². The summed E-state index contributed by atoms with van der Waals surface area (Å²) in [5, 5.41) is 8.35. The molecule has 0 unspecified atom stereocenters. The molecule has 0 aliphatic heterocycles. The number of ether oxygens (including phenoxy) is 1. The van der Waals surface area contributed by atoms with Gasteiger partial charge < -0.3 is 9.84 Å². The lowest BCUT2D eigenvalue weighted by molar-refractivity contribution is -0.131. The van der Waals surface area contributed by atoms with Crippen LogP contribution in [-0.4, -0.2) is 24.0 Å². The predicted molar refractivity (Wildman–Crippen MR) is 54.1 cm³/mol. The number of benzene rings is 1. The molecule has 0 aliphatic carbocycles. The van der Waals surface area contributed by atoms with Gasteiger partial charge in [0.05, 0.1) is 12.7 Å². The lowest BCUT2D eigenvalue weighted by atomic mass is 10.1. The highest BCUT2D eigenvalue weighted by molar-refractivity contribution is 6.08. The van der Waals surface area contributed by atoms with Crippen molar-refractivity contribution in [2.45, 2.75) is 0 Å². The van der Waals surface area contributed by atoms with E-state index in [2.05, 4.69) is 0 Å². The van der Waals surface area contributed by atoms with Crippen LogP contribution in [0.1, 0.15) is 10.4 Å². The zero-order valence-electron chi connectivity index (χ0n) is 8.44. The monoisotopic (exact) mass is 224 g/mol. The van der Waals surface area contributed by atoms with Crippen LogP contribution in [0.4, 0.5) is 4.39 Å². The van der Waals surface area contributed by atoms with Gasteiger partial charge in [0, 0.05) is 6.08 Å². The van der Waals surface area contributed by atoms with E-state index >= 15 is 0 Å². The highest BCUT2D eigenvalue weighted by atomic mass is 19.1. The summed E-state index contributed by atoms with van der Waals surface area (Å²) in [7, 11) is 1.34. The van der Waals surface area contributed by atoms with E-state index in [1.54, 1.807) is 0 Å². The van der Waals surface area contributed by atoms with Crippen LogP contribution in [0.25, 0.3) is 0 Å². The van der Waals surface area contributed by atoms with E-state index in [0.29, 0.717) is 6.08 Å². The average molecular weight is 224 g/mol. The molecule has 84 valence electrons. The SMILES string of the molecule is COc1ccc(F)cc1C(=O)C=CC(=O)O. The minimum atomic E-state index is -1.25. The maximum absolute atomic E-state index is 12.9. The molecule has 4 nitrogen and oxygen atoms in total. The van der Waals surface area contributed by atoms with Crippen LogP contribution in [0.5, 0.6) is 5.75 Å². The van der Waals surface area contributed by atoms with Crippen LogP contribution in [0.15, 0.2) is 30.4 Å². The first-order chi connectivity index (χ1) is 7.54. The van der Waals surface area contributed by atoms with Crippen molar-refractivity contribution >= 4 is 11.8 Å². The Morgan fingerprint density at radius 2 is 2.06 bits per heavy atom. The van der Waals surface area contributed by atoms with Gasteiger partial charge in [0.25, 0.3) is 0 Å². The van der Waals surface area contributed by atoms with Crippen molar-refractivity contribution in [1.29, 1.82) is 0 Å². The Kier molecular flexibility index (Phi) is 3.77. The summed E-state index contributed by atoms with van der Waals surface area (Å²) >= 11 is 0. The van der Waals surface area contributed by atoms with Gasteiger partial charge in [-0.15, -0.1) is 0 Å². The lowest BCUT2D eigenvalue weighted by Crippen LogP contribution is -2.01. The summed E-state index contributed by atoms with van der Waals surface area (Å²) in [5.41, 5.74) is -0.0139. The molecule has 0 bridgehead atoms. The van der Waals surface area contributed by atoms with E-state index in [1.165, 1.54) is 13.2 Å². The molecule has 0 spiro atoms. The van der Waals surface area contributed by atoms with Crippen LogP contribution >= 0.6 is 0 Å². The largest absolute Gasteiger partial charge is 0.496 e. The molecule has 5 heteroatoms. The smallest absolute Gasteiger partial charge is 0.328 e. The van der Waals surface area contributed by atoms with Crippen molar-refractivity contribution in [3.63, 3.8) is 0 Å². The molecule has 1 rings (SSSR count). The van der Waals surface area contributed by atoms with Gasteiger partial charge in [-0.2, -0.15) is 0 Å². The molecule has 1 N–H and O–H groups in total. The van der Waals surface area contributed by atoms with Crippen molar-refractivity contribution < 1.29 is 23.8 Å². The third-order valence-electron chi connectivity index (χ3n) is 1.80. The molecular weight excluding hydrogens is 215 g/mol. The number of hydrogen-bond acceptors (Lipinski definition) is 3. The molecule has 16 heavy (non-hydrogen) atoms. The minimum Gasteiger partial charge on any atom is -0.496 e. The molecule has 0 aromatic heterocycles. The second-order valence-corrected chi connectivity index (χ2v) is 2.88. The summed E-state index contributed by atoms with van der Waals surface area (Å²) in [6.45, 7) is 0. The topological polar surface area (TPSA) is 63.6 Å². The quantitative estimate of drug-likeness (QED) is 0.624. The van der Waals surface area contributed by atoms with E-state index in [1.807, 2.05) is 0 Å². The summed E-state index contributed by atoms with van der Waals surface area (Å²) in [5.74, 6) is -2.27. The molecule has 0 aliphatic rings. The Labute approximate surface area is 91.0 Å². The van der Waals surface area contributed by atoms with Crippen LogP contribution in [-0.2, 0) is 4.79 Å². The summed E-state index contributed by atoms with van der Waals surface area (Å²) < 4.78 is 17.8. The van der Waals surface area contributed by atoms with Crippen LogP contribution in [0.3, 0.4) is 0 Å². The third kappa shape index (κ3) is 2.91. The molecule has 1 aromatic carbocycles. The molecular formula is C11H9FO4. The number of carbonyl (C=O) groups is 2. The molecule has 0 fully saturated rings. The number of halogens is 1. The average Bonchev–Trinajstić information content (AvgIpc) is 2.25. The molecule has 0 atom stereocenters. The van der Waals surface area contributed by atoms with E-state index in [-0.39, 0.29) is 11.3 Å². The highest BCUT2D eigenvalue weighted by Crippen LogP contribution is 2.20. The number of rotatable bonds is 4. The number of allylic oxidation sites excluding steroid dienone is 1. The molecule has 0 saturated carbocycles. The van der Waals surface area contributed by atoms with Gasteiger partial charge in [-0.25, -0.2) is 9.18 Å². The standard InChI is InChI=1S/C11H9FO4/c1-16-10-4-2-7(12)6-8(10)9(13)3-5-11(14)15/h2-6H,1H3,(H,14,15). The number of carbonyl (C=O) groups excluding carboxylic acids is 1. The van der Waals surface area contributed by atoms with Gasteiger partial charge in [0.1, 0.15) is 11.6 Å². The number of carboxylic acids is 1. The first-order valence-corrected chi connectivity index (χ1v) is 4.33. The Hall–Kier alpha value is -2.17. The maximum atomic E-state index is 12.9. The van der Waals surface area contributed by atoms with Crippen molar-refractivity contribution in [2.75, 3.05) is 7.11 Å². The second-order valence-electron chi connectivity index (χ2n) is 2.88. The molecule has 1 aromatic rings. The predicted octanol–water partition coefficient (Wildman–Crippen LogP) is 1.66. The van der Waals surface area contributed by atoms with E-state index in [9.17, 15) is 14.0 Å². The Bertz CT molecular complexity index is 451. The molecule has 0 amide bonds. The lowest BCUT2D eigenvalue weighted by Gasteiger charge is -2.04. The molecule has 0 radical (unpaired) electrons. The van der Waals surface area contributed by atoms with E-state index in [4.69, 9.17) is 9.84 Å². The zero-order chi connectivity index (χ0) is 12.1. The number of methoxy groups -OCH3 is 1. The summed E-state index contributed by atoms with van der Waals surface area (Å²) in [4.78, 5) is 21.7. The first kappa shape index (κ1) is 11.9. The van der Waals surface area contributed by atoms with Gasteiger partial charge in [0.2, 0.25) is 0 Å². The van der Waals surface area contributed by atoms with Crippen LogP contribution < -0.4 is 4.74 Å². The fourth-order valence-corrected chi connectivity index (χ4v) is 1.11. The van der Waals surface area contributed by atoms with Gasteiger partial charge in [-0.05, 0) is 24.3 Å². The fraction of sp³-hybridized carbons (Fsp3) is 0.0909. The summed E-state index contributed by atoms with van der Waals surface area (Å²) in [6.07, 6.45) is 1.53. The van der Waals surface area contributed by atoms with Crippen molar-refractivity contribution in [2.24, 2.45) is 0 Å². The van der Waals surface area contributed by atoms with Crippen LogP contribution in [0, 0.1) is 5.82 Å². The Morgan fingerprint density at radius 1 is 1.38 bits per heavy atom. The second kappa shape index (κ2) is 5.06. The number of carboxylic acid groups (broad SMARTS) is 1. The molecule has 0 saturated heterocycles. The van der Waals surface area contributed by atoms with Crippen molar-refractivity contribution in [1.82, 2.24) is 0 Å². The van der Waals surface area contributed by atoms with Crippen LogP contribution in [0.2, 0.25) is 0 Å². The molecule has 0 heterocycles. The number of aliphatic carboxylic acids is 1. The van der Waals surface area contributed by atoms with Gasteiger partial charge in [-0.1, -0.05) is 0 Å².